The molecule has 1 fully saturated rings. The van der Waals surface area contributed by atoms with Crippen molar-refractivity contribution in [1.82, 2.24) is 14.3 Å². The molecule has 15 heavy (non-hydrogen) atoms. The molecule has 0 aromatic carbocycles. The van der Waals surface area contributed by atoms with Gasteiger partial charge in [-0.3, -0.25) is 0 Å². The Bertz CT molecular complexity index is 261. The van der Waals surface area contributed by atoms with Gasteiger partial charge in [-0.1, -0.05) is 0 Å². The lowest BCUT2D eigenvalue weighted by Crippen LogP contribution is -2.44. The number of nitrogens with one attached hydrogen (secondary N) is 2. The van der Waals surface area contributed by atoms with Crippen LogP contribution in [0.5, 0.6) is 0 Å². The molecule has 0 aromatic rings. The van der Waals surface area contributed by atoms with E-state index in [0.717, 1.165) is 19.5 Å². The molecule has 0 aliphatic carbocycles. The molecule has 0 aromatic heterocycles. The molecule has 0 radical (unpaired) electrons. The molecule has 0 amide bonds. The highest BCUT2D eigenvalue weighted by Crippen LogP contribution is 2.02. The van der Waals surface area contributed by atoms with Gasteiger partial charge < -0.3 is 5.32 Å². The highest BCUT2D eigenvalue weighted by atomic mass is 35.5. The molecule has 1 aliphatic heterocycles. The number of rotatable bonds is 3. The topological polar surface area (TPSA) is 61.4 Å². The molecule has 0 atom stereocenters. The molecule has 0 spiro atoms. The second kappa shape index (κ2) is 6.65. The van der Waals surface area contributed by atoms with Crippen molar-refractivity contribution in [2.45, 2.75) is 26.3 Å². The van der Waals surface area contributed by atoms with Crippen LogP contribution in [0.1, 0.15) is 20.3 Å². The van der Waals surface area contributed by atoms with Gasteiger partial charge in [-0.2, -0.15) is 17.4 Å². The Morgan fingerprint density at radius 3 is 2.53 bits per heavy atom. The summed E-state index contributed by atoms with van der Waals surface area (Å²) in [6, 6.07) is -0.0452. The lowest BCUT2D eigenvalue weighted by molar-refractivity contribution is 0.418. The van der Waals surface area contributed by atoms with Gasteiger partial charge in [0.05, 0.1) is 0 Å². The van der Waals surface area contributed by atoms with Gasteiger partial charge in [0.25, 0.3) is 10.2 Å². The van der Waals surface area contributed by atoms with Crippen molar-refractivity contribution in [2.24, 2.45) is 0 Å². The predicted octanol–water partition coefficient (Wildman–Crippen LogP) is -0.0537. The monoisotopic (exact) mass is 257 g/mol. The largest absolute Gasteiger partial charge is 0.315 e. The van der Waals surface area contributed by atoms with Crippen LogP contribution in [0.25, 0.3) is 0 Å². The van der Waals surface area contributed by atoms with Gasteiger partial charge in [0, 0.05) is 25.7 Å². The highest BCUT2D eigenvalue weighted by molar-refractivity contribution is 7.87. The summed E-state index contributed by atoms with van der Waals surface area (Å²) in [6.45, 7) is 6.45. The summed E-state index contributed by atoms with van der Waals surface area (Å²) >= 11 is 0. The van der Waals surface area contributed by atoms with Crippen LogP contribution in [-0.4, -0.2) is 44.9 Å². The third kappa shape index (κ3) is 5.12. The van der Waals surface area contributed by atoms with Crippen molar-refractivity contribution < 1.29 is 8.42 Å². The van der Waals surface area contributed by atoms with Crippen LogP contribution >= 0.6 is 12.4 Å². The molecular formula is C8H20ClN3O2S. The molecule has 0 bridgehead atoms. The second-order valence-corrected chi connectivity index (χ2v) is 5.48. The first-order chi connectivity index (χ1) is 6.52. The molecule has 5 nitrogen and oxygen atoms in total. The average molecular weight is 258 g/mol. The minimum Gasteiger partial charge on any atom is -0.315 e. The Hall–Kier alpha value is 0.120. The van der Waals surface area contributed by atoms with Gasteiger partial charge in [0.15, 0.2) is 0 Å². The lowest BCUT2D eigenvalue weighted by Gasteiger charge is -2.21. The number of nitrogens with zero attached hydrogens (tertiary/aromatic N) is 1. The van der Waals surface area contributed by atoms with Crippen molar-refractivity contribution in [3.63, 3.8) is 0 Å². The van der Waals surface area contributed by atoms with Gasteiger partial charge in [-0.25, -0.2) is 0 Å². The van der Waals surface area contributed by atoms with E-state index in [0.29, 0.717) is 13.1 Å². The lowest BCUT2D eigenvalue weighted by atomic mass is 10.4. The third-order valence-electron chi connectivity index (χ3n) is 2.02. The Morgan fingerprint density at radius 2 is 1.93 bits per heavy atom. The molecule has 1 saturated heterocycles. The van der Waals surface area contributed by atoms with Gasteiger partial charge in [0.1, 0.15) is 0 Å². The second-order valence-electron chi connectivity index (χ2n) is 3.78. The van der Waals surface area contributed by atoms with E-state index in [1.807, 2.05) is 13.8 Å². The molecule has 7 heteroatoms. The minimum atomic E-state index is -3.26. The van der Waals surface area contributed by atoms with Gasteiger partial charge in [0.2, 0.25) is 0 Å². The fourth-order valence-electron chi connectivity index (χ4n) is 1.43. The summed E-state index contributed by atoms with van der Waals surface area (Å²) in [5.74, 6) is 0. The summed E-state index contributed by atoms with van der Waals surface area (Å²) in [7, 11) is -3.26. The van der Waals surface area contributed by atoms with Gasteiger partial charge in [-0.05, 0) is 26.8 Å². The van der Waals surface area contributed by atoms with E-state index in [4.69, 9.17) is 0 Å². The summed E-state index contributed by atoms with van der Waals surface area (Å²) in [5, 5.41) is 3.17. The SMILES string of the molecule is CC(C)NS(=O)(=O)N1CCCNCC1.Cl. The van der Waals surface area contributed by atoms with E-state index in [9.17, 15) is 8.42 Å². The molecule has 92 valence electrons. The fourth-order valence-corrected chi connectivity index (χ4v) is 2.88. The first-order valence-corrected chi connectivity index (χ1v) is 6.44. The predicted molar refractivity (Wildman–Crippen MR) is 63.5 cm³/mol. The first kappa shape index (κ1) is 15.1. The van der Waals surface area contributed by atoms with Crippen LogP contribution < -0.4 is 10.0 Å². The zero-order valence-corrected chi connectivity index (χ0v) is 10.8. The maximum atomic E-state index is 11.7. The Morgan fingerprint density at radius 1 is 1.27 bits per heavy atom. The Kier molecular flexibility index (Phi) is 6.70. The van der Waals surface area contributed by atoms with Crippen LogP contribution in [0, 0.1) is 0 Å². The number of hydrogen-bond acceptors (Lipinski definition) is 3. The fraction of sp³-hybridized carbons (Fsp3) is 1.00. The summed E-state index contributed by atoms with van der Waals surface area (Å²) in [6.07, 6.45) is 0.874. The summed E-state index contributed by atoms with van der Waals surface area (Å²) in [5.41, 5.74) is 0. The van der Waals surface area contributed by atoms with E-state index in [-0.39, 0.29) is 18.4 Å². The minimum absolute atomic E-state index is 0. The van der Waals surface area contributed by atoms with Gasteiger partial charge >= 0.3 is 0 Å². The number of hydrogen-bond donors (Lipinski definition) is 2. The van der Waals surface area contributed by atoms with E-state index in [1.165, 1.54) is 4.31 Å². The van der Waals surface area contributed by atoms with Crippen molar-refractivity contribution in [2.75, 3.05) is 26.2 Å². The molecule has 1 heterocycles. The molecule has 1 aliphatic rings. The van der Waals surface area contributed by atoms with Gasteiger partial charge in [-0.15, -0.1) is 12.4 Å². The molecular weight excluding hydrogens is 238 g/mol. The first-order valence-electron chi connectivity index (χ1n) is 5.00. The van der Waals surface area contributed by atoms with E-state index < -0.39 is 10.2 Å². The van der Waals surface area contributed by atoms with Crippen LogP contribution in [0.4, 0.5) is 0 Å². The quantitative estimate of drug-likeness (QED) is 0.745. The smallest absolute Gasteiger partial charge is 0.279 e. The highest BCUT2D eigenvalue weighted by Gasteiger charge is 2.22. The van der Waals surface area contributed by atoms with Crippen molar-refractivity contribution in [3.8, 4) is 0 Å². The van der Waals surface area contributed by atoms with Crippen LogP contribution in [-0.2, 0) is 10.2 Å². The van der Waals surface area contributed by atoms with Crippen LogP contribution in [0.2, 0.25) is 0 Å². The Balaban J connectivity index is 0.00000196. The molecule has 0 unspecified atom stereocenters. The zero-order chi connectivity index (χ0) is 10.6. The maximum absolute atomic E-state index is 11.7. The van der Waals surface area contributed by atoms with E-state index in [2.05, 4.69) is 10.0 Å². The molecule has 2 N–H and O–H groups in total. The standard InChI is InChI=1S/C8H19N3O2S.ClH/c1-8(2)10-14(12,13)11-6-3-4-9-5-7-11;/h8-10H,3-7H2,1-2H3;1H. The average Bonchev–Trinajstić information content (AvgIpc) is 2.28. The normalized spacial score (nSPS) is 19.7. The maximum Gasteiger partial charge on any atom is 0.279 e. The summed E-state index contributed by atoms with van der Waals surface area (Å²) < 4.78 is 27.6. The molecule has 0 saturated carbocycles. The van der Waals surface area contributed by atoms with Crippen molar-refractivity contribution in [1.29, 1.82) is 0 Å². The van der Waals surface area contributed by atoms with Crippen molar-refractivity contribution >= 4 is 22.6 Å². The number of halogens is 1. The molecule has 1 rings (SSSR count). The summed E-state index contributed by atoms with van der Waals surface area (Å²) in [4.78, 5) is 0. The van der Waals surface area contributed by atoms with Crippen molar-refractivity contribution in [3.05, 3.63) is 0 Å². The van der Waals surface area contributed by atoms with Crippen LogP contribution in [0.15, 0.2) is 0 Å². The zero-order valence-electron chi connectivity index (χ0n) is 9.19. The van der Waals surface area contributed by atoms with Crippen LogP contribution in [0.3, 0.4) is 0 Å². The third-order valence-corrected chi connectivity index (χ3v) is 3.84. The van der Waals surface area contributed by atoms with E-state index in [1.54, 1.807) is 0 Å². The van der Waals surface area contributed by atoms with E-state index >= 15 is 0 Å². The Labute approximate surface area is 98.2 Å².